The van der Waals surface area contributed by atoms with Crippen LogP contribution in [0.25, 0.3) is 0 Å². The summed E-state index contributed by atoms with van der Waals surface area (Å²) in [7, 11) is 1.62. The van der Waals surface area contributed by atoms with E-state index in [9.17, 15) is 14.9 Å². The van der Waals surface area contributed by atoms with Gasteiger partial charge in [0.05, 0.1) is 7.11 Å². The molecule has 2 amide bonds. The highest BCUT2D eigenvalue weighted by atomic mass is 16.5. The number of carbonyl (C=O) groups excluding carboxylic acids is 2. The van der Waals surface area contributed by atoms with Gasteiger partial charge in [0.1, 0.15) is 17.4 Å². The van der Waals surface area contributed by atoms with E-state index in [4.69, 9.17) is 4.74 Å². The molecule has 0 aliphatic rings. The van der Waals surface area contributed by atoms with Gasteiger partial charge in [-0.25, -0.2) is 0 Å². The first-order valence-electron chi connectivity index (χ1n) is 8.68. The van der Waals surface area contributed by atoms with Crippen LogP contribution in [-0.4, -0.2) is 25.5 Å². The molecule has 2 aromatic rings. The fourth-order valence-corrected chi connectivity index (χ4v) is 2.48. The number of hydrogen-bond donors (Lipinski definition) is 3. The van der Waals surface area contributed by atoms with Gasteiger partial charge < -0.3 is 20.7 Å². The standard InChI is InChI=1S/C21H22N4O3/c1-15(26)24-18-7-9-19(10-8-18)25-21(27)17(13-22)14-23-12-11-16-5-3-4-6-20(16)28-2/h3-10,14,23H,11-12H2,1-2H3,(H,24,26)(H,25,27)/b17-14-. The zero-order valence-corrected chi connectivity index (χ0v) is 15.8. The van der Waals surface area contributed by atoms with Crippen LogP contribution in [0.3, 0.4) is 0 Å². The van der Waals surface area contributed by atoms with E-state index in [-0.39, 0.29) is 11.5 Å². The number of hydrogen-bond acceptors (Lipinski definition) is 5. The van der Waals surface area contributed by atoms with Crippen molar-refractivity contribution in [3.8, 4) is 11.8 Å². The molecule has 0 heterocycles. The third-order valence-corrected chi connectivity index (χ3v) is 3.81. The van der Waals surface area contributed by atoms with Gasteiger partial charge in [-0.1, -0.05) is 18.2 Å². The van der Waals surface area contributed by atoms with E-state index in [1.54, 1.807) is 31.4 Å². The number of nitriles is 1. The molecule has 0 radical (unpaired) electrons. The zero-order chi connectivity index (χ0) is 20.4. The van der Waals surface area contributed by atoms with E-state index in [0.717, 1.165) is 11.3 Å². The molecule has 0 aliphatic heterocycles. The van der Waals surface area contributed by atoms with Crippen molar-refractivity contribution in [1.82, 2.24) is 5.32 Å². The molecule has 0 atom stereocenters. The molecule has 7 nitrogen and oxygen atoms in total. The molecule has 3 N–H and O–H groups in total. The highest BCUT2D eigenvalue weighted by molar-refractivity contribution is 6.06. The molecule has 0 saturated carbocycles. The van der Waals surface area contributed by atoms with Crippen molar-refractivity contribution in [2.45, 2.75) is 13.3 Å². The predicted molar refractivity (Wildman–Crippen MR) is 108 cm³/mol. The number of ether oxygens (including phenoxy) is 1. The van der Waals surface area contributed by atoms with Gasteiger partial charge in [0, 0.05) is 31.0 Å². The van der Waals surface area contributed by atoms with Crippen LogP contribution in [-0.2, 0) is 16.0 Å². The maximum Gasteiger partial charge on any atom is 0.267 e. The van der Waals surface area contributed by atoms with E-state index in [2.05, 4.69) is 16.0 Å². The minimum atomic E-state index is -0.514. The fraction of sp³-hybridized carbons (Fsp3) is 0.190. The molecule has 0 spiro atoms. The number of anilines is 2. The number of amides is 2. The van der Waals surface area contributed by atoms with Gasteiger partial charge in [0.15, 0.2) is 0 Å². The van der Waals surface area contributed by atoms with Gasteiger partial charge in [0.2, 0.25) is 5.91 Å². The monoisotopic (exact) mass is 378 g/mol. The normalized spacial score (nSPS) is 10.5. The first-order chi connectivity index (χ1) is 13.5. The summed E-state index contributed by atoms with van der Waals surface area (Å²) in [4.78, 5) is 23.3. The summed E-state index contributed by atoms with van der Waals surface area (Å²) in [6, 6.07) is 16.2. The van der Waals surface area contributed by atoms with E-state index in [1.165, 1.54) is 13.1 Å². The first-order valence-corrected chi connectivity index (χ1v) is 8.68. The lowest BCUT2D eigenvalue weighted by Crippen LogP contribution is -2.18. The summed E-state index contributed by atoms with van der Waals surface area (Å²) in [5.74, 6) is 0.111. The minimum absolute atomic E-state index is 0.0361. The molecule has 28 heavy (non-hydrogen) atoms. The Morgan fingerprint density at radius 1 is 1.07 bits per heavy atom. The van der Waals surface area contributed by atoms with Crippen molar-refractivity contribution in [3.63, 3.8) is 0 Å². The van der Waals surface area contributed by atoms with Crippen molar-refractivity contribution in [1.29, 1.82) is 5.26 Å². The van der Waals surface area contributed by atoms with E-state index < -0.39 is 5.91 Å². The first kappa shape index (κ1) is 20.5. The van der Waals surface area contributed by atoms with Crippen LogP contribution < -0.4 is 20.7 Å². The lowest BCUT2D eigenvalue weighted by molar-refractivity contribution is -0.114. The molecule has 0 saturated heterocycles. The Bertz CT molecular complexity index is 899. The fourth-order valence-electron chi connectivity index (χ4n) is 2.48. The van der Waals surface area contributed by atoms with Gasteiger partial charge in [-0.3, -0.25) is 9.59 Å². The molecule has 7 heteroatoms. The van der Waals surface area contributed by atoms with Crippen molar-refractivity contribution in [3.05, 3.63) is 65.9 Å². The quantitative estimate of drug-likeness (QED) is 0.372. The van der Waals surface area contributed by atoms with Crippen molar-refractivity contribution >= 4 is 23.2 Å². The number of rotatable bonds is 8. The predicted octanol–water partition coefficient (Wildman–Crippen LogP) is 2.83. The van der Waals surface area contributed by atoms with Crippen LogP contribution in [0.5, 0.6) is 5.75 Å². The smallest absolute Gasteiger partial charge is 0.267 e. The Kier molecular flexibility index (Phi) is 7.61. The molecule has 0 bridgehead atoms. The molecule has 144 valence electrons. The minimum Gasteiger partial charge on any atom is -0.496 e. The van der Waals surface area contributed by atoms with Crippen molar-refractivity contribution < 1.29 is 14.3 Å². The van der Waals surface area contributed by atoms with Crippen molar-refractivity contribution in [2.24, 2.45) is 0 Å². The molecular formula is C21H22N4O3. The topological polar surface area (TPSA) is 103 Å². The van der Waals surface area contributed by atoms with Crippen LogP contribution >= 0.6 is 0 Å². The Hall–Kier alpha value is -3.79. The number of methoxy groups -OCH3 is 1. The summed E-state index contributed by atoms with van der Waals surface area (Å²) in [6.07, 6.45) is 2.09. The molecular weight excluding hydrogens is 356 g/mol. The lowest BCUT2D eigenvalue weighted by Gasteiger charge is -2.08. The second-order valence-corrected chi connectivity index (χ2v) is 5.90. The maximum atomic E-state index is 12.2. The summed E-state index contributed by atoms with van der Waals surface area (Å²) in [5, 5.41) is 17.5. The molecule has 2 aromatic carbocycles. The molecule has 0 aromatic heterocycles. The maximum absolute atomic E-state index is 12.2. The summed E-state index contributed by atoms with van der Waals surface area (Å²) in [5.41, 5.74) is 2.15. The number of benzene rings is 2. The zero-order valence-electron chi connectivity index (χ0n) is 15.8. The molecule has 0 fully saturated rings. The van der Waals surface area contributed by atoms with Crippen LogP contribution in [0.2, 0.25) is 0 Å². The summed E-state index contributed by atoms with van der Waals surface area (Å²) < 4.78 is 5.30. The largest absolute Gasteiger partial charge is 0.496 e. The molecule has 0 unspecified atom stereocenters. The van der Waals surface area contributed by atoms with Gasteiger partial charge in [-0.15, -0.1) is 0 Å². The van der Waals surface area contributed by atoms with Gasteiger partial charge >= 0.3 is 0 Å². The third-order valence-electron chi connectivity index (χ3n) is 3.81. The van der Waals surface area contributed by atoms with Crippen LogP contribution in [0, 0.1) is 11.3 Å². The molecule has 2 rings (SSSR count). The third kappa shape index (κ3) is 6.18. The lowest BCUT2D eigenvalue weighted by atomic mass is 10.1. The average Bonchev–Trinajstić information content (AvgIpc) is 2.69. The van der Waals surface area contributed by atoms with Crippen LogP contribution in [0.15, 0.2) is 60.3 Å². The van der Waals surface area contributed by atoms with E-state index >= 15 is 0 Å². The Labute approximate surface area is 164 Å². The SMILES string of the molecule is COc1ccccc1CCN/C=C(/C#N)C(=O)Nc1ccc(NC(C)=O)cc1. The van der Waals surface area contributed by atoms with Crippen molar-refractivity contribution in [2.75, 3.05) is 24.3 Å². The van der Waals surface area contributed by atoms with Crippen LogP contribution in [0.1, 0.15) is 12.5 Å². The van der Waals surface area contributed by atoms with E-state index in [1.807, 2.05) is 30.3 Å². The second-order valence-electron chi connectivity index (χ2n) is 5.90. The number of nitrogens with one attached hydrogen (secondary N) is 3. The number of carbonyl (C=O) groups is 2. The molecule has 0 aliphatic carbocycles. The Morgan fingerprint density at radius 3 is 2.32 bits per heavy atom. The Balaban J connectivity index is 1.90. The highest BCUT2D eigenvalue weighted by Crippen LogP contribution is 2.17. The Morgan fingerprint density at radius 2 is 1.71 bits per heavy atom. The second kappa shape index (κ2) is 10.4. The number of para-hydroxylation sites is 1. The summed E-state index contributed by atoms with van der Waals surface area (Å²) >= 11 is 0. The van der Waals surface area contributed by atoms with Gasteiger partial charge in [0.25, 0.3) is 5.91 Å². The summed E-state index contributed by atoms with van der Waals surface area (Å²) in [6.45, 7) is 1.96. The average molecular weight is 378 g/mol. The van der Waals surface area contributed by atoms with Crippen LogP contribution in [0.4, 0.5) is 11.4 Å². The van der Waals surface area contributed by atoms with Gasteiger partial charge in [-0.2, -0.15) is 5.26 Å². The highest BCUT2D eigenvalue weighted by Gasteiger charge is 2.09. The number of nitrogens with zero attached hydrogens (tertiary/aromatic N) is 1. The van der Waals surface area contributed by atoms with Gasteiger partial charge in [-0.05, 0) is 42.3 Å². The van der Waals surface area contributed by atoms with E-state index in [0.29, 0.717) is 24.3 Å².